The molecule has 0 heterocycles. The highest BCUT2D eigenvalue weighted by Crippen LogP contribution is 2.06. The third-order valence-corrected chi connectivity index (χ3v) is 2.11. The lowest BCUT2D eigenvalue weighted by Gasteiger charge is -2.10. The molecule has 98 valence electrons. The van der Waals surface area contributed by atoms with Crippen LogP contribution in [0.5, 0.6) is 0 Å². The van der Waals surface area contributed by atoms with E-state index in [0.29, 0.717) is 0 Å². The van der Waals surface area contributed by atoms with Crippen molar-refractivity contribution in [1.82, 2.24) is 0 Å². The number of hydrogen-bond donors (Lipinski definition) is 0. The van der Waals surface area contributed by atoms with Crippen LogP contribution in [0.3, 0.4) is 0 Å². The Morgan fingerprint density at radius 3 is 2.24 bits per heavy atom. The van der Waals surface area contributed by atoms with Crippen LogP contribution in [0.15, 0.2) is 0 Å². The van der Waals surface area contributed by atoms with Crippen LogP contribution in [-0.4, -0.2) is 30.9 Å². The Hall–Kier alpha value is -1.39. The molecule has 0 saturated carbocycles. The summed E-state index contributed by atoms with van der Waals surface area (Å²) in [5.74, 6) is -1.25. The molecule has 0 rings (SSSR count). The summed E-state index contributed by atoms with van der Waals surface area (Å²) in [6.45, 7) is 5.14. The van der Waals surface area contributed by atoms with Gasteiger partial charge < -0.3 is 9.47 Å². The van der Waals surface area contributed by atoms with Crippen LogP contribution >= 0.6 is 0 Å². The SMILES string of the molecule is CCCC(C)C(=O)OCCOC(=O)CC(C)=O. The molecule has 0 aliphatic heterocycles. The van der Waals surface area contributed by atoms with Gasteiger partial charge in [0.05, 0.1) is 5.92 Å². The minimum atomic E-state index is -0.588. The maximum absolute atomic E-state index is 11.3. The first-order chi connectivity index (χ1) is 7.97. The summed E-state index contributed by atoms with van der Waals surface area (Å²) in [7, 11) is 0. The number of rotatable bonds is 8. The van der Waals surface area contributed by atoms with Crippen LogP contribution in [0.4, 0.5) is 0 Å². The molecule has 0 bridgehead atoms. The van der Waals surface area contributed by atoms with Gasteiger partial charge in [0.25, 0.3) is 0 Å². The van der Waals surface area contributed by atoms with Crippen molar-refractivity contribution in [2.75, 3.05) is 13.2 Å². The maximum Gasteiger partial charge on any atom is 0.313 e. The number of esters is 2. The molecular formula is C12H20O5. The summed E-state index contributed by atoms with van der Waals surface area (Å²) >= 11 is 0. The van der Waals surface area contributed by atoms with E-state index in [-0.39, 0.29) is 37.3 Å². The molecule has 0 amide bonds. The molecule has 0 aliphatic rings. The highest BCUT2D eigenvalue weighted by atomic mass is 16.6. The quantitative estimate of drug-likeness (QED) is 0.367. The molecule has 0 aromatic carbocycles. The van der Waals surface area contributed by atoms with E-state index >= 15 is 0 Å². The maximum atomic E-state index is 11.3. The molecule has 17 heavy (non-hydrogen) atoms. The zero-order valence-corrected chi connectivity index (χ0v) is 10.7. The summed E-state index contributed by atoms with van der Waals surface area (Å²) in [5.41, 5.74) is 0. The fraction of sp³-hybridized carbons (Fsp3) is 0.750. The van der Waals surface area contributed by atoms with Crippen LogP contribution in [0.2, 0.25) is 0 Å². The normalized spacial score (nSPS) is 11.7. The molecule has 0 radical (unpaired) electrons. The highest BCUT2D eigenvalue weighted by molar-refractivity contribution is 5.94. The van der Waals surface area contributed by atoms with Crippen molar-refractivity contribution in [3.63, 3.8) is 0 Å². The van der Waals surface area contributed by atoms with Gasteiger partial charge in [-0.25, -0.2) is 0 Å². The lowest BCUT2D eigenvalue weighted by molar-refractivity contribution is -0.155. The fourth-order valence-corrected chi connectivity index (χ4v) is 1.25. The van der Waals surface area contributed by atoms with E-state index in [0.717, 1.165) is 12.8 Å². The van der Waals surface area contributed by atoms with E-state index in [4.69, 9.17) is 9.47 Å². The number of ether oxygens (including phenoxy) is 2. The summed E-state index contributed by atoms with van der Waals surface area (Å²) < 4.78 is 9.62. The zero-order valence-electron chi connectivity index (χ0n) is 10.7. The first kappa shape index (κ1) is 15.6. The van der Waals surface area contributed by atoms with Crippen molar-refractivity contribution in [1.29, 1.82) is 0 Å². The number of hydrogen-bond acceptors (Lipinski definition) is 5. The predicted molar refractivity (Wildman–Crippen MR) is 61.3 cm³/mol. The van der Waals surface area contributed by atoms with Crippen molar-refractivity contribution in [3.8, 4) is 0 Å². The first-order valence-electron chi connectivity index (χ1n) is 5.79. The molecule has 1 atom stereocenters. The van der Waals surface area contributed by atoms with Crippen LogP contribution in [-0.2, 0) is 23.9 Å². The smallest absolute Gasteiger partial charge is 0.313 e. The second-order valence-electron chi connectivity index (χ2n) is 3.96. The zero-order chi connectivity index (χ0) is 13.3. The van der Waals surface area contributed by atoms with Gasteiger partial charge in [-0.15, -0.1) is 0 Å². The van der Waals surface area contributed by atoms with Crippen molar-refractivity contribution in [2.45, 2.75) is 40.0 Å². The Kier molecular flexibility index (Phi) is 8.01. The Labute approximate surface area is 101 Å². The molecular weight excluding hydrogens is 224 g/mol. The largest absolute Gasteiger partial charge is 0.462 e. The second kappa shape index (κ2) is 8.73. The molecule has 1 unspecified atom stereocenters. The Morgan fingerprint density at radius 2 is 1.71 bits per heavy atom. The molecule has 0 aliphatic carbocycles. The molecule has 5 heteroatoms. The molecule has 0 fully saturated rings. The molecule has 0 aromatic rings. The van der Waals surface area contributed by atoms with Crippen LogP contribution < -0.4 is 0 Å². The van der Waals surface area contributed by atoms with Crippen LogP contribution in [0.1, 0.15) is 40.0 Å². The van der Waals surface area contributed by atoms with E-state index in [1.165, 1.54) is 6.92 Å². The van der Waals surface area contributed by atoms with Crippen LogP contribution in [0.25, 0.3) is 0 Å². The minimum absolute atomic E-state index is 0.00328. The third kappa shape index (κ3) is 8.42. The molecule has 0 spiro atoms. The van der Waals surface area contributed by atoms with Crippen molar-refractivity contribution < 1.29 is 23.9 Å². The van der Waals surface area contributed by atoms with Gasteiger partial charge in [0.1, 0.15) is 25.4 Å². The van der Waals surface area contributed by atoms with Gasteiger partial charge in [0.15, 0.2) is 0 Å². The van der Waals surface area contributed by atoms with Gasteiger partial charge in [-0.05, 0) is 13.3 Å². The highest BCUT2D eigenvalue weighted by Gasteiger charge is 2.13. The average molecular weight is 244 g/mol. The number of Topliss-reactive ketones (excluding diaryl/α,β-unsaturated/α-hetero) is 1. The molecule has 5 nitrogen and oxygen atoms in total. The third-order valence-electron chi connectivity index (χ3n) is 2.11. The van der Waals surface area contributed by atoms with E-state index in [1.807, 2.05) is 6.92 Å². The van der Waals surface area contributed by atoms with Crippen molar-refractivity contribution in [2.24, 2.45) is 5.92 Å². The Morgan fingerprint density at radius 1 is 1.12 bits per heavy atom. The Bertz CT molecular complexity index is 272. The predicted octanol–water partition coefficient (Wildman–Crippen LogP) is 1.49. The average Bonchev–Trinajstić information content (AvgIpc) is 2.23. The van der Waals surface area contributed by atoms with Gasteiger partial charge in [-0.1, -0.05) is 20.3 Å². The van der Waals surface area contributed by atoms with E-state index in [9.17, 15) is 14.4 Å². The summed E-state index contributed by atoms with van der Waals surface area (Å²) in [5, 5.41) is 0. The van der Waals surface area contributed by atoms with Crippen molar-refractivity contribution >= 4 is 17.7 Å². The van der Waals surface area contributed by atoms with Gasteiger partial charge in [-0.3, -0.25) is 14.4 Å². The number of carbonyl (C=O) groups excluding carboxylic acids is 3. The number of ketones is 1. The van der Waals surface area contributed by atoms with E-state index in [1.54, 1.807) is 6.92 Å². The minimum Gasteiger partial charge on any atom is -0.462 e. The van der Waals surface area contributed by atoms with Gasteiger partial charge in [-0.2, -0.15) is 0 Å². The molecule has 0 aromatic heterocycles. The lowest BCUT2D eigenvalue weighted by Crippen LogP contribution is -2.19. The summed E-state index contributed by atoms with van der Waals surface area (Å²) in [6, 6.07) is 0. The van der Waals surface area contributed by atoms with Gasteiger partial charge in [0.2, 0.25) is 0 Å². The van der Waals surface area contributed by atoms with Gasteiger partial charge >= 0.3 is 11.9 Å². The van der Waals surface area contributed by atoms with Gasteiger partial charge in [0, 0.05) is 0 Å². The topological polar surface area (TPSA) is 69.7 Å². The standard InChI is InChI=1S/C12H20O5/c1-4-5-9(2)12(15)17-7-6-16-11(14)8-10(3)13/h9H,4-8H2,1-3H3. The van der Waals surface area contributed by atoms with Crippen LogP contribution in [0, 0.1) is 5.92 Å². The fourth-order valence-electron chi connectivity index (χ4n) is 1.25. The summed E-state index contributed by atoms with van der Waals surface area (Å²) in [6.07, 6.45) is 1.47. The summed E-state index contributed by atoms with van der Waals surface area (Å²) in [4.78, 5) is 32.9. The van der Waals surface area contributed by atoms with E-state index in [2.05, 4.69) is 0 Å². The van der Waals surface area contributed by atoms with Crippen molar-refractivity contribution in [3.05, 3.63) is 0 Å². The molecule has 0 saturated heterocycles. The second-order valence-corrected chi connectivity index (χ2v) is 3.96. The monoisotopic (exact) mass is 244 g/mol. The number of carbonyl (C=O) groups is 3. The molecule has 0 N–H and O–H groups in total. The lowest BCUT2D eigenvalue weighted by atomic mass is 10.1. The first-order valence-corrected chi connectivity index (χ1v) is 5.79. The Balaban J connectivity index is 3.60. The van der Waals surface area contributed by atoms with E-state index < -0.39 is 5.97 Å².